The molecular formula is C43H27N3O2. The second kappa shape index (κ2) is 10.6. The lowest BCUT2D eigenvalue weighted by Crippen LogP contribution is -2.16. The summed E-state index contributed by atoms with van der Waals surface area (Å²) in [5.74, 6) is 2.71. The average Bonchev–Trinajstić information content (AvgIpc) is 3.73. The van der Waals surface area contributed by atoms with Crippen molar-refractivity contribution in [1.82, 2.24) is 15.0 Å². The summed E-state index contributed by atoms with van der Waals surface area (Å²) in [6.45, 7) is 0. The van der Waals surface area contributed by atoms with Crippen LogP contribution < -0.4 is 4.74 Å². The van der Waals surface area contributed by atoms with Crippen LogP contribution in [0, 0.1) is 0 Å². The van der Waals surface area contributed by atoms with E-state index in [0.29, 0.717) is 17.5 Å². The molecule has 2 unspecified atom stereocenters. The summed E-state index contributed by atoms with van der Waals surface area (Å²) in [6, 6.07) is 43.7. The van der Waals surface area contributed by atoms with E-state index in [0.717, 1.165) is 61.1 Å². The number of ether oxygens (including phenoxy) is 1. The Balaban J connectivity index is 1.25. The van der Waals surface area contributed by atoms with Crippen molar-refractivity contribution in [3.05, 3.63) is 157 Å². The normalized spacial score (nSPS) is 16.3. The topological polar surface area (TPSA) is 61.0 Å². The van der Waals surface area contributed by atoms with Crippen LogP contribution in [-0.2, 0) is 0 Å². The predicted molar refractivity (Wildman–Crippen MR) is 192 cm³/mol. The lowest BCUT2D eigenvalue weighted by Gasteiger charge is -2.17. The van der Waals surface area contributed by atoms with E-state index in [1.807, 2.05) is 60.7 Å². The molecule has 6 aromatic carbocycles. The molecule has 1 aliphatic heterocycles. The number of aromatic nitrogens is 3. The van der Waals surface area contributed by atoms with Gasteiger partial charge in [-0.05, 0) is 58.3 Å². The number of allylic oxidation sites excluding steroid dienone is 2. The zero-order chi connectivity index (χ0) is 31.6. The van der Waals surface area contributed by atoms with Gasteiger partial charge in [0, 0.05) is 38.9 Å². The molecule has 0 saturated heterocycles. The fourth-order valence-corrected chi connectivity index (χ4v) is 7.19. The standard InChI is InChI=1S/C43H27N3O2/c1-2-12-27(13-3-1)41-44-42(33-17-10-20-37-39(33)31-15-6-8-18-35(31)47-37)46-43(45-41)34-24-30(29-22-21-26-11-4-5-14-28(26)23-29)25-38-40(34)32-16-7-9-19-36(32)48-38/h1-25,32,36H. The van der Waals surface area contributed by atoms with Crippen molar-refractivity contribution in [2.75, 3.05) is 0 Å². The fourth-order valence-electron chi connectivity index (χ4n) is 7.19. The molecule has 226 valence electrons. The van der Waals surface area contributed by atoms with E-state index in [1.54, 1.807) is 0 Å². The third kappa shape index (κ3) is 4.28. The first-order valence-corrected chi connectivity index (χ1v) is 16.2. The minimum Gasteiger partial charge on any atom is -0.485 e. The molecule has 0 fully saturated rings. The number of rotatable bonds is 4. The van der Waals surface area contributed by atoms with Crippen LogP contribution in [0.25, 0.3) is 78.0 Å². The fraction of sp³-hybridized carbons (Fsp3) is 0.0465. The Bertz CT molecular complexity index is 2620. The Morgan fingerprint density at radius 3 is 2.17 bits per heavy atom. The molecule has 0 amide bonds. The van der Waals surface area contributed by atoms with Crippen LogP contribution in [-0.4, -0.2) is 21.1 Å². The van der Waals surface area contributed by atoms with Crippen molar-refractivity contribution in [3.8, 4) is 51.0 Å². The highest BCUT2D eigenvalue weighted by Gasteiger charge is 2.36. The molecule has 5 nitrogen and oxygen atoms in total. The molecule has 2 aliphatic rings. The summed E-state index contributed by atoms with van der Waals surface area (Å²) in [5, 5.41) is 4.41. The molecule has 2 atom stereocenters. The monoisotopic (exact) mass is 617 g/mol. The van der Waals surface area contributed by atoms with Gasteiger partial charge in [0.15, 0.2) is 17.5 Å². The third-order valence-corrected chi connectivity index (χ3v) is 9.46. The van der Waals surface area contributed by atoms with Gasteiger partial charge in [-0.2, -0.15) is 0 Å². The molecule has 0 radical (unpaired) electrons. The second-order valence-electron chi connectivity index (χ2n) is 12.3. The van der Waals surface area contributed by atoms with Crippen LogP contribution in [0.15, 0.2) is 156 Å². The van der Waals surface area contributed by atoms with Gasteiger partial charge < -0.3 is 9.15 Å². The molecule has 0 bridgehead atoms. The van der Waals surface area contributed by atoms with Crippen LogP contribution in [0.3, 0.4) is 0 Å². The number of hydrogen-bond donors (Lipinski definition) is 0. The first kappa shape index (κ1) is 26.8. The third-order valence-electron chi connectivity index (χ3n) is 9.46. The van der Waals surface area contributed by atoms with E-state index in [1.165, 1.54) is 10.8 Å². The Hall–Kier alpha value is -6.33. The highest BCUT2D eigenvalue weighted by atomic mass is 16.5. The molecule has 8 aromatic rings. The van der Waals surface area contributed by atoms with Crippen molar-refractivity contribution in [2.24, 2.45) is 0 Å². The summed E-state index contributed by atoms with van der Waals surface area (Å²) >= 11 is 0. The Morgan fingerprint density at radius 1 is 0.500 bits per heavy atom. The molecule has 1 aliphatic carbocycles. The van der Waals surface area contributed by atoms with Crippen LogP contribution in [0.4, 0.5) is 0 Å². The Morgan fingerprint density at radius 2 is 1.25 bits per heavy atom. The Labute approximate surface area is 276 Å². The molecule has 10 rings (SSSR count). The van der Waals surface area contributed by atoms with Crippen molar-refractivity contribution < 1.29 is 9.15 Å². The molecular weight excluding hydrogens is 590 g/mol. The van der Waals surface area contributed by atoms with Crippen LogP contribution in [0.5, 0.6) is 5.75 Å². The van der Waals surface area contributed by atoms with Crippen LogP contribution >= 0.6 is 0 Å². The summed E-state index contributed by atoms with van der Waals surface area (Å²) < 4.78 is 12.9. The highest BCUT2D eigenvalue weighted by Crippen LogP contribution is 2.48. The van der Waals surface area contributed by atoms with Gasteiger partial charge in [0.25, 0.3) is 0 Å². The quantitative estimate of drug-likeness (QED) is 0.197. The van der Waals surface area contributed by atoms with E-state index in [4.69, 9.17) is 24.1 Å². The number of para-hydroxylation sites is 1. The van der Waals surface area contributed by atoms with Gasteiger partial charge in [-0.1, -0.05) is 115 Å². The smallest absolute Gasteiger partial charge is 0.164 e. The summed E-state index contributed by atoms with van der Waals surface area (Å²) in [5.41, 5.74) is 7.63. The van der Waals surface area contributed by atoms with Gasteiger partial charge in [-0.15, -0.1) is 0 Å². The van der Waals surface area contributed by atoms with Crippen LogP contribution in [0.1, 0.15) is 11.5 Å². The van der Waals surface area contributed by atoms with Gasteiger partial charge in [0.2, 0.25) is 0 Å². The van der Waals surface area contributed by atoms with Crippen molar-refractivity contribution >= 4 is 32.7 Å². The molecule has 48 heavy (non-hydrogen) atoms. The maximum absolute atomic E-state index is 6.63. The minimum absolute atomic E-state index is 0.0484. The lowest BCUT2D eigenvalue weighted by atomic mass is 9.86. The molecule has 5 heteroatoms. The predicted octanol–water partition coefficient (Wildman–Crippen LogP) is 10.6. The lowest BCUT2D eigenvalue weighted by molar-refractivity contribution is 0.269. The van der Waals surface area contributed by atoms with E-state index < -0.39 is 0 Å². The summed E-state index contributed by atoms with van der Waals surface area (Å²) in [6.07, 6.45) is 8.41. The van der Waals surface area contributed by atoms with E-state index in [9.17, 15) is 0 Å². The van der Waals surface area contributed by atoms with E-state index >= 15 is 0 Å². The van der Waals surface area contributed by atoms with Crippen molar-refractivity contribution in [3.63, 3.8) is 0 Å². The zero-order valence-electron chi connectivity index (χ0n) is 25.7. The first-order valence-electron chi connectivity index (χ1n) is 16.2. The molecule has 0 N–H and O–H groups in total. The zero-order valence-corrected chi connectivity index (χ0v) is 25.7. The maximum Gasteiger partial charge on any atom is 0.164 e. The molecule has 2 aromatic heterocycles. The van der Waals surface area contributed by atoms with Gasteiger partial charge in [0.1, 0.15) is 23.0 Å². The van der Waals surface area contributed by atoms with Gasteiger partial charge in [-0.3, -0.25) is 0 Å². The number of furan rings is 1. The van der Waals surface area contributed by atoms with Crippen molar-refractivity contribution in [1.29, 1.82) is 0 Å². The van der Waals surface area contributed by atoms with Gasteiger partial charge in [0.05, 0.1) is 0 Å². The molecule has 0 spiro atoms. The largest absolute Gasteiger partial charge is 0.485 e. The Kier molecular flexibility index (Phi) is 5.93. The second-order valence-corrected chi connectivity index (χ2v) is 12.3. The number of nitrogens with zero attached hydrogens (tertiary/aromatic N) is 3. The molecule has 0 saturated carbocycles. The maximum atomic E-state index is 6.63. The number of hydrogen-bond acceptors (Lipinski definition) is 5. The number of fused-ring (bicyclic) bond motifs is 7. The summed E-state index contributed by atoms with van der Waals surface area (Å²) in [4.78, 5) is 15.6. The van der Waals surface area contributed by atoms with E-state index in [2.05, 4.69) is 91.0 Å². The highest BCUT2D eigenvalue weighted by molar-refractivity contribution is 6.11. The first-order chi connectivity index (χ1) is 23.8. The summed E-state index contributed by atoms with van der Waals surface area (Å²) in [7, 11) is 0. The van der Waals surface area contributed by atoms with Gasteiger partial charge in [-0.25, -0.2) is 15.0 Å². The average molecular weight is 618 g/mol. The number of benzene rings is 6. The van der Waals surface area contributed by atoms with Crippen LogP contribution in [0.2, 0.25) is 0 Å². The van der Waals surface area contributed by atoms with Gasteiger partial charge >= 0.3 is 0 Å². The van der Waals surface area contributed by atoms with E-state index in [-0.39, 0.29) is 12.0 Å². The minimum atomic E-state index is -0.0865. The van der Waals surface area contributed by atoms with Crippen molar-refractivity contribution in [2.45, 2.75) is 12.0 Å². The molecule has 3 heterocycles. The SMILES string of the molecule is C1=CC2Oc3cc(-c4ccc5ccccc5c4)cc(-c4nc(-c5ccccc5)nc(-c5cccc6oc7ccccc7c56)n4)c3C2C=C1.